The normalized spacial score (nSPS) is 28.7. The van der Waals surface area contributed by atoms with Crippen molar-refractivity contribution in [2.75, 3.05) is 6.61 Å². The molecule has 2 aliphatic carbocycles. The summed E-state index contributed by atoms with van der Waals surface area (Å²) >= 11 is 0. The molecule has 3 rings (SSSR count). The van der Waals surface area contributed by atoms with Crippen molar-refractivity contribution in [3.8, 4) is 0 Å². The first-order chi connectivity index (χ1) is 10.2. The smallest absolute Gasteiger partial charge is 0.0946 e. The van der Waals surface area contributed by atoms with Crippen molar-refractivity contribution in [3.05, 3.63) is 18.2 Å². The molecule has 0 aliphatic heterocycles. The van der Waals surface area contributed by atoms with Crippen molar-refractivity contribution in [1.29, 1.82) is 0 Å². The van der Waals surface area contributed by atoms with E-state index in [0.29, 0.717) is 23.6 Å². The van der Waals surface area contributed by atoms with Gasteiger partial charge in [0.25, 0.3) is 0 Å². The topological polar surface area (TPSA) is 39.1 Å². The number of hydrogen-bond donors (Lipinski definition) is 1. The van der Waals surface area contributed by atoms with E-state index < -0.39 is 0 Å². The van der Waals surface area contributed by atoms with E-state index in [2.05, 4.69) is 35.8 Å². The maximum atomic E-state index is 6.02. The number of nitrogens with one attached hydrogen (secondary N) is 1. The van der Waals surface area contributed by atoms with Crippen molar-refractivity contribution in [3.63, 3.8) is 0 Å². The van der Waals surface area contributed by atoms with Crippen LogP contribution in [0.15, 0.2) is 12.5 Å². The highest BCUT2D eigenvalue weighted by Gasteiger charge is 2.56. The predicted octanol–water partition coefficient (Wildman–Crippen LogP) is 3.20. The molecule has 0 aromatic carbocycles. The van der Waals surface area contributed by atoms with Crippen LogP contribution in [-0.4, -0.2) is 28.3 Å². The monoisotopic (exact) mass is 291 g/mol. The van der Waals surface area contributed by atoms with Crippen LogP contribution < -0.4 is 5.32 Å². The molecule has 2 fully saturated rings. The number of aryl methyl sites for hydroxylation is 1. The van der Waals surface area contributed by atoms with Crippen LogP contribution in [0, 0.1) is 5.41 Å². The van der Waals surface area contributed by atoms with E-state index in [1.54, 1.807) is 0 Å². The van der Waals surface area contributed by atoms with Gasteiger partial charge in [-0.15, -0.1) is 0 Å². The fourth-order valence-electron chi connectivity index (χ4n) is 4.48. The third-order valence-corrected chi connectivity index (χ3v) is 5.71. The molecule has 0 bridgehead atoms. The number of imidazole rings is 1. The maximum Gasteiger partial charge on any atom is 0.0946 e. The molecule has 0 radical (unpaired) electrons. The van der Waals surface area contributed by atoms with E-state index in [-0.39, 0.29) is 0 Å². The molecule has 3 atom stereocenters. The Morgan fingerprint density at radius 1 is 1.43 bits per heavy atom. The van der Waals surface area contributed by atoms with Crippen molar-refractivity contribution in [1.82, 2.24) is 14.9 Å². The molecule has 0 unspecified atom stereocenters. The number of nitrogens with zero attached hydrogens (tertiary/aromatic N) is 2. The lowest BCUT2D eigenvalue weighted by Gasteiger charge is -2.55. The molecule has 118 valence electrons. The zero-order chi connectivity index (χ0) is 14.9. The van der Waals surface area contributed by atoms with Crippen LogP contribution in [0.25, 0.3) is 0 Å². The third kappa shape index (κ3) is 2.53. The van der Waals surface area contributed by atoms with Crippen molar-refractivity contribution < 1.29 is 4.74 Å². The highest BCUT2D eigenvalue weighted by Crippen LogP contribution is 2.55. The lowest BCUT2D eigenvalue weighted by Crippen LogP contribution is -2.63. The summed E-state index contributed by atoms with van der Waals surface area (Å²) < 4.78 is 8.16. The molecule has 1 aromatic heterocycles. The standard InChI is InChI=1S/C17H29N3O/c1-4-13(14-11-18-12-20(14)3)19-15-10-16(21-5-2)17(15)8-6-7-9-17/h11-13,15-16,19H,4-10H2,1-3H3/t13-,15-,16+/m0/s1. The summed E-state index contributed by atoms with van der Waals surface area (Å²) in [6.07, 6.45) is 12.0. The van der Waals surface area contributed by atoms with Gasteiger partial charge in [0.05, 0.1) is 18.1 Å². The Morgan fingerprint density at radius 3 is 2.76 bits per heavy atom. The second-order valence-corrected chi connectivity index (χ2v) is 6.73. The zero-order valence-corrected chi connectivity index (χ0v) is 13.6. The summed E-state index contributed by atoms with van der Waals surface area (Å²) in [6, 6.07) is 1.01. The molecule has 4 heteroatoms. The van der Waals surface area contributed by atoms with Crippen LogP contribution in [-0.2, 0) is 11.8 Å². The maximum absolute atomic E-state index is 6.02. The van der Waals surface area contributed by atoms with Gasteiger partial charge in [-0.25, -0.2) is 4.98 Å². The second kappa shape index (κ2) is 6.09. The van der Waals surface area contributed by atoms with Crippen LogP contribution in [0.5, 0.6) is 0 Å². The van der Waals surface area contributed by atoms with Gasteiger partial charge < -0.3 is 14.6 Å². The molecule has 1 N–H and O–H groups in total. The van der Waals surface area contributed by atoms with Crippen LogP contribution in [0.3, 0.4) is 0 Å². The molecule has 1 spiro atoms. The van der Waals surface area contributed by atoms with Gasteiger partial charge in [-0.2, -0.15) is 0 Å². The molecule has 4 nitrogen and oxygen atoms in total. The molecule has 2 aliphatic rings. The molecule has 1 heterocycles. The van der Waals surface area contributed by atoms with Crippen LogP contribution in [0.1, 0.15) is 64.1 Å². The van der Waals surface area contributed by atoms with Gasteiger partial charge in [0, 0.05) is 37.4 Å². The van der Waals surface area contributed by atoms with Gasteiger partial charge in [-0.3, -0.25) is 0 Å². The fourth-order valence-corrected chi connectivity index (χ4v) is 4.48. The van der Waals surface area contributed by atoms with Gasteiger partial charge in [-0.05, 0) is 32.6 Å². The van der Waals surface area contributed by atoms with E-state index in [4.69, 9.17) is 4.74 Å². The van der Waals surface area contributed by atoms with E-state index >= 15 is 0 Å². The first-order valence-corrected chi connectivity index (χ1v) is 8.55. The summed E-state index contributed by atoms with van der Waals surface area (Å²) in [5.74, 6) is 0. The van der Waals surface area contributed by atoms with Gasteiger partial charge in [0.2, 0.25) is 0 Å². The molecule has 21 heavy (non-hydrogen) atoms. The Morgan fingerprint density at radius 2 is 2.19 bits per heavy atom. The van der Waals surface area contributed by atoms with Crippen molar-refractivity contribution in [2.45, 2.75) is 70.6 Å². The zero-order valence-electron chi connectivity index (χ0n) is 13.6. The SMILES string of the molecule is CCO[C@@H]1C[C@H](N[C@@H](CC)c2cncn2C)C12CCCC2. The molecule has 2 saturated carbocycles. The minimum Gasteiger partial charge on any atom is -0.378 e. The Balaban J connectivity index is 1.71. The lowest BCUT2D eigenvalue weighted by molar-refractivity contribution is -0.133. The highest BCUT2D eigenvalue weighted by molar-refractivity contribution is 5.13. The van der Waals surface area contributed by atoms with Gasteiger partial charge in [0.1, 0.15) is 0 Å². The van der Waals surface area contributed by atoms with Crippen LogP contribution in [0.2, 0.25) is 0 Å². The van der Waals surface area contributed by atoms with Gasteiger partial charge in [-0.1, -0.05) is 19.8 Å². The van der Waals surface area contributed by atoms with E-state index in [1.807, 2.05) is 12.5 Å². The number of hydrogen-bond acceptors (Lipinski definition) is 3. The minimum absolute atomic E-state index is 0.405. The Labute approximate surface area is 128 Å². The first-order valence-electron chi connectivity index (χ1n) is 8.55. The number of rotatable bonds is 6. The van der Waals surface area contributed by atoms with E-state index in [1.165, 1.54) is 37.8 Å². The van der Waals surface area contributed by atoms with Crippen LogP contribution >= 0.6 is 0 Å². The average Bonchev–Trinajstić information content (AvgIpc) is 3.13. The second-order valence-electron chi connectivity index (χ2n) is 6.73. The quantitative estimate of drug-likeness (QED) is 0.875. The Bertz CT molecular complexity index is 464. The summed E-state index contributed by atoms with van der Waals surface area (Å²) in [5.41, 5.74) is 1.70. The van der Waals surface area contributed by atoms with Crippen molar-refractivity contribution in [2.24, 2.45) is 12.5 Å². The summed E-state index contributed by atoms with van der Waals surface area (Å²) in [6.45, 7) is 5.22. The first kappa shape index (κ1) is 15.0. The molecule has 0 saturated heterocycles. The van der Waals surface area contributed by atoms with Crippen LogP contribution in [0.4, 0.5) is 0 Å². The highest BCUT2D eigenvalue weighted by atomic mass is 16.5. The average molecular weight is 291 g/mol. The molecular weight excluding hydrogens is 262 g/mol. The van der Waals surface area contributed by atoms with E-state index in [9.17, 15) is 0 Å². The predicted molar refractivity (Wildman–Crippen MR) is 84.1 cm³/mol. The Hall–Kier alpha value is -0.870. The minimum atomic E-state index is 0.405. The van der Waals surface area contributed by atoms with Gasteiger partial charge in [0.15, 0.2) is 0 Å². The van der Waals surface area contributed by atoms with E-state index in [0.717, 1.165) is 13.0 Å². The number of aromatic nitrogens is 2. The summed E-state index contributed by atoms with van der Waals surface area (Å²) in [4.78, 5) is 4.27. The Kier molecular flexibility index (Phi) is 4.36. The molecule has 1 aromatic rings. The molecular formula is C17H29N3O. The van der Waals surface area contributed by atoms with Gasteiger partial charge >= 0.3 is 0 Å². The lowest BCUT2D eigenvalue weighted by atomic mass is 9.60. The summed E-state index contributed by atoms with van der Waals surface area (Å²) in [7, 11) is 2.09. The fraction of sp³-hybridized carbons (Fsp3) is 0.824. The summed E-state index contributed by atoms with van der Waals surface area (Å²) in [5, 5.41) is 3.93. The molecule has 0 amide bonds. The third-order valence-electron chi connectivity index (χ3n) is 5.71. The van der Waals surface area contributed by atoms with Crippen molar-refractivity contribution >= 4 is 0 Å². The number of ether oxygens (including phenoxy) is 1. The largest absolute Gasteiger partial charge is 0.378 e.